The summed E-state index contributed by atoms with van der Waals surface area (Å²) >= 11 is 5.44. The number of carbonyl (C=O) groups excluding carboxylic acids is 1. The Bertz CT molecular complexity index is 349. The van der Waals surface area contributed by atoms with Crippen LogP contribution in [0.4, 0.5) is 0 Å². The number of amides is 1. The molecule has 1 atom stereocenters. The molecular formula is C15H24BrNOS. The minimum Gasteiger partial charge on any atom is -0.355 e. The second-order valence-corrected chi connectivity index (χ2v) is 7.04. The summed E-state index contributed by atoms with van der Waals surface area (Å²) < 4.78 is 0. The lowest BCUT2D eigenvalue weighted by molar-refractivity contribution is -0.121. The SMILES string of the molecule is CCC(CC)C(Br)CNC(=O)CCCc1cccs1. The van der Waals surface area contributed by atoms with Gasteiger partial charge in [0.2, 0.25) is 5.91 Å². The summed E-state index contributed by atoms with van der Waals surface area (Å²) in [5.74, 6) is 0.818. The van der Waals surface area contributed by atoms with Gasteiger partial charge >= 0.3 is 0 Å². The first-order valence-electron chi connectivity index (χ1n) is 7.10. The summed E-state index contributed by atoms with van der Waals surface area (Å²) in [5, 5.41) is 5.11. The van der Waals surface area contributed by atoms with E-state index in [1.807, 2.05) is 0 Å². The van der Waals surface area contributed by atoms with E-state index >= 15 is 0 Å². The third kappa shape index (κ3) is 6.57. The van der Waals surface area contributed by atoms with E-state index in [1.54, 1.807) is 11.3 Å². The van der Waals surface area contributed by atoms with Gasteiger partial charge in [-0.1, -0.05) is 48.7 Å². The van der Waals surface area contributed by atoms with E-state index in [4.69, 9.17) is 0 Å². The van der Waals surface area contributed by atoms with Gasteiger partial charge in [0.15, 0.2) is 0 Å². The third-order valence-corrected chi connectivity index (χ3v) is 5.47. The third-order valence-electron chi connectivity index (χ3n) is 3.46. The largest absolute Gasteiger partial charge is 0.355 e. The molecule has 0 bridgehead atoms. The maximum atomic E-state index is 11.7. The first kappa shape index (κ1) is 16.7. The summed E-state index contributed by atoms with van der Waals surface area (Å²) in [6.07, 6.45) is 4.88. The quantitative estimate of drug-likeness (QED) is 0.660. The fourth-order valence-corrected chi connectivity index (χ4v) is 3.81. The molecule has 2 nitrogen and oxygen atoms in total. The lowest BCUT2D eigenvalue weighted by atomic mass is 9.99. The van der Waals surface area contributed by atoms with E-state index in [0.717, 1.165) is 32.2 Å². The highest BCUT2D eigenvalue weighted by Gasteiger charge is 2.15. The van der Waals surface area contributed by atoms with Crippen LogP contribution in [0.25, 0.3) is 0 Å². The van der Waals surface area contributed by atoms with Crippen molar-refractivity contribution < 1.29 is 4.79 Å². The fourth-order valence-electron chi connectivity index (χ4n) is 2.14. The van der Waals surface area contributed by atoms with Gasteiger partial charge < -0.3 is 5.32 Å². The number of rotatable bonds is 9. The number of hydrogen-bond acceptors (Lipinski definition) is 2. The first-order valence-corrected chi connectivity index (χ1v) is 8.90. The molecule has 0 spiro atoms. The van der Waals surface area contributed by atoms with Crippen LogP contribution in [0.1, 0.15) is 44.4 Å². The van der Waals surface area contributed by atoms with E-state index in [1.165, 1.54) is 4.88 Å². The van der Waals surface area contributed by atoms with E-state index in [2.05, 4.69) is 52.6 Å². The molecule has 0 radical (unpaired) electrons. The molecular weight excluding hydrogens is 322 g/mol. The molecule has 1 aromatic heterocycles. The van der Waals surface area contributed by atoms with Gasteiger partial charge in [-0.25, -0.2) is 0 Å². The number of carbonyl (C=O) groups is 1. The van der Waals surface area contributed by atoms with Gasteiger partial charge in [-0.15, -0.1) is 11.3 Å². The van der Waals surface area contributed by atoms with E-state index in [9.17, 15) is 4.79 Å². The Labute approximate surface area is 129 Å². The van der Waals surface area contributed by atoms with Gasteiger partial charge in [0, 0.05) is 22.7 Å². The zero-order valence-corrected chi connectivity index (χ0v) is 14.2. The summed E-state index contributed by atoms with van der Waals surface area (Å²) in [6.45, 7) is 5.14. The molecule has 4 heteroatoms. The van der Waals surface area contributed by atoms with Gasteiger partial charge in [0.05, 0.1) is 0 Å². The van der Waals surface area contributed by atoms with Crippen molar-refractivity contribution in [2.45, 2.75) is 50.8 Å². The number of aryl methyl sites for hydroxylation is 1. The molecule has 1 aromatic rings. The molecule has 1 unspecified atom stereocenters. The van der Waals surface area contributed by atoms with Gasteiger partial charge in [0.1, 0.15) is 0 Å². The highest BCUT2D eigenvalue weighted by Crippen LogP contribution is 2.19. The van der Waals surface area contributed by atoms with Gasteiger partial charge in [-0.2, -0.15) is 0 Å². The topological polar surface area (TPSA) is 29.1 Å². The first-order chi connectivity index (χ1) is 9.17. The van der Waals surface area contributed by atoms with Crippen molar-refractivity contribution in [3.05, 3.63) is 22.4 Å². The van der Waals surface area contributed by atoms with Crippen LogP contribution in [0.5, 0.6) is 0 Å². The van der Waals surface area contributed by atoms with Gasteiger partial charge in [0.25, 0.3) is 0 Å². The van der Waals surface area contributed by atoms with Gasteiger partial charge in [-0.05, 0) is 30.2 Å². The van der Waals surface area contributed by atoms with E-state index in [-0.39, 0.29) is 5.91 Å². The Balaban J connectivity index is 2.13. The highest BCUT2D eigenvalue weighted by molar-refractivity contribution is 9.09. The molecule has 0 saturated heterocycles. The number of halogens is 1. The summed E-state index contributed by atoms with van der Waals surface area (Å²) in [6, 6.07) is 4.19. The Hall–Kier alpha value is -0.350. The lowest BCUT2D eigenvalue weighted by Crippen LogP contribution is -2.32. The summed E-state index contributed by atoms with van der Waals surface area (Å²) in [5.41, 5.74) is 0. The van der Waals surface area contributed by atoms with Crippen molar-refractivity contribution in [1.29, 1.82) is 0 Å². The number of thiophene rings is 1. The predicted molar refractivity (Wildman–Crippen MR) is 87.1 cm³/mol. The molecule has 108 valence electrons. The Kier molecular flexibility index (Phi) is 8.38. The van der Waals surface area contributed by atoms with Crippen LogP contribution in [0.2, 0.25) is 0 Å². The molecule has 19 heavy (non-hydrogen) atoms. The second kappa shape index (κ2) is 9.54. The predicted octanol–water partition coefficient (Wildman–Crippen LogP) is 4.39. The Morgan fingerprint density at radius 1 is 1.42 bits per heavy atom. The average Bonchev–Trinajstić information content (AvgIpc) is 2.91. The zero-order valence-electron chi connectivity index (χ0n) is 11.8. The van der Waals surface area contributed by atoms with Crippen molar-refractivity contribution >= 4 is 33.2 Å². The molecule has 0 fully saturated rings. The van der Waals surface area contributed by atoms with Crippen LogP contribution in [0, 0.1) is 5.92 Å². The van der Waals surface area contributed by atoms with Crippen LogP contribution in [-0.2, 0) is 11.2 Å². The summed E-state index contributed by atoms with van der Waals surface area (Å²) in [4.78, 5) is 13.5. The minimum atomic E-state index is 0.173. The monoisotopic (exact) mass is 345 g/mol. The molecule has 0 saturated carbocycles. The molecule has 1 amide bonds. The van der Waals surface area contributed by atoms with Crippen LogP contribution in [0.3, 0.4) is 0 Å². The van der Waals surface area contributed by atoms with Crippen molar-refractivity contribution in [2.24, 2.45) is 5.92 Å². The molecule has 0 aliphatic heterocycles. The zero-order chi connectivity index (χ0) is 14.1. The molecule has 0 aliphatic carbocycles. The van der Waals surface area contributed by atoms with Crippen molar-refractivity contribution in [3.63, 3.8) is 0 Å². The van der Waals surface area contributed by atoms with Crippen LogP contribution in [-0.4, -0.2) is 17.3 Å². The maximum absolute atomic E-state index is 11.7. The number of hydrogen-bond donors (Lipinski definition) is 1. The van der Waals surface area contributed by atoms with E-state index < -0.39 is 0 Å². The summed E-state index contributed by atoms with van der Waals surface area (Å²) in [7, 11) is 0. The average molecular weight is 346 g/mol. The molecule has 1 N–H and O–H groups in total. The van der Waals surface area contributed by atoms with Crippen LogP contribution in [0.15, 0.2) is 17.5 Å². The molecule has 1 rings (SSSR count). The maximum Gasteiger partial charge on any atom is 0.220 e. The van der Waals surface area contributed by atoms with Crippen LogP contribution >= 0.6 is 27.3 Å². The Morgan fingerprint density at radius 3 is 2.74 bits per heavy atom. The fraction of sp³-hybridized carbons (Fsp3) is 0.667. The second-order valence-electron chi connectivity index (χ2n) is 4.83. The smallest absolute Gasteiger partial charge is 0.220 e. The van der Waals surface area contributed by atoms with Crippen molar-refractivity contribution in [1.82, 2.24) is 5.32 Å². The number of nitrogens with one attached hydrogen (secondary N) is 1. The molecule has 0 aromatic carbocycles. The van der Waals surface area contributed by atoms with Gasteiger partial charge in [-0.3, -0.25) is 4.79 Å². The minimum absolute atomic E-state index is 0.173. The molecule has 1 heterocycles. The van der Waals surface area contributed by atoms with Crippen molar-refractivity contribution in [3.8, 4) is 0 Å². The highest BCUT2D eigenvalue weighted by atomic mass is 79.9. The molecule has 0 aliphatic rings. The van der Waals surface area contributed by atoms with Crippen molar-refractivity contribution in [2.75, 3.05) is 6.54 Å². The Morgan fingerprint density at radius 2 is 2.16 bits per heavy atom. The van der Waals surface area contributed by atoms with Crippen LogP contribution < -0.4 is 5.32 Å². The normalized spacial score (nSPS) is 12.6. The van der Waals surface area contributed by atoms with E-state index in [0.29, 0.717) is 17.2 Å². The number of alkyl halides is 1. The standard InChI is InChI=1S/C15H24BrNOS/c1-3-12(4-2)14(16)11-17-15(18)9-5-7-13-8-6-10-19-13/h6,8,10,12,14H,3-5,7,9,11H2,1-2H3,(H,17,18). The lowest BCUT2D eigenvalue weighted by Gasteiger charge is -2.19.